The minimum Gasteiger partial charge on any atom is -0.406 e. The summed E-state index contributed by atoms with van der Waals surface area (Å²) in [6.07, 6.45) is -4.72. The second kappa shape index (κ2) is 5.73. The van der Waals surface area contributed by atoms with E-state index in [0.29, 0.717) is 16.1 Å². The van der Waals surface area contributed by atoms with Crippen LogP contribution in [0.5, 0.6) is 5.75 Å². The highest BCUT2D eigenvalue weighted by atomic mass is 35.5. The standard InChI is InChI=1S/C14H11ClF3NO/c15-13-10(8-19)4-2-6-12(13)9-3-1-5-11(7-9)20-14(16,17)18/h1-7H,8,19H2. The predicted octanol–water partition coefficient (Wildman–Crippen LogP) is 4.36. The Morgan fingerprint density at radius 2 is 1.80 bits per heavy atom. The minimum absolute atomic E-state index is 0.255. The molecule has 0 aliphatic rings. The molecule has 0 radical (unpaired) electrons. The summed E-state index contributed by atoms with van der Waals surface area (Å²) in [5.74, 6) is -0.288. The fraction of sp³-hybridized carbons (Fsp3) is 0.143. The highest BCUT2D eigenvalue weighted by Crippen LogP contribution is 2.33. The molecule has 0 spiro atoms. The average Bonchev–Trinajstić information content (AvgIpc) is 2.37. The third kappa shape index (κ3) is 3.43. The lowest BCUT2D eigenvalue weighted by Crippen LogP contribution is -2.17. The highest BCUT2D eigenvalue weighted by Gasteiger charge is 2.31. The molecule has 0 atom stereocenters. The number of rotatable bonds is 3. The van der Waals surface area contributed by atoms with Crippen molar-refractivity contribution in [2.24, 2.45) is 5.73 Å². The summed E-state index contributed by atoms with van der Waals surface area (Å²) in [6, 6.07) is 10.9. The molecule has 20 heavy (non-hydrogen) atoms. The van der Waals surface area contributed by atoms with Gasteiger partial charge < -0.3 is 10.5 Å². The fourth-order valence-corrected chi connectivity index (χ4v) is 2.13. The van der Waals surface area contributed by atoms with Crippen molar-refractivity contribution in [3.05, 3.63) is 53.1 Å². The van der Waals surface area contributed by atoms with Crippen LogP contribution in [0.1, 0.15) is 5.56 Å². The van der Waals surface area contributed by atoms with Gasteiger partial charge in [0.05, 0.1) is 5.02 Å². The molecular weight excluding hydrogens is 291 g/mol. The third-order valence-electron chi connectivity index (χ3n) is 2.68. The van der Waals surface area contributed by atoms with E-state index in [4.69, 9.17) is 17.3 Å². The van der Waals surface area contributed by atoms with Crippen LogP contribution in [0.15, 0.2) is 42.5 Å². The topological polar surface area (TPSA) is 35.2 Å². The van der Waals surface area contributed by atoms with Crippen LogP contribution in [0.2, 0.25) is 5.02 Å². The molecule has 2 rings (SSSR count). The first kappa shape index (κ1) is 14.7. The Labute approximate surface area is 118 Å². The van der Waals surface area contributed by atoms with Crippen molar-refractivity contribution in [1.29, 1.82) is 0 Å². The van der Waals surface area contributed by atoms with Crippen LogP contribution in [0.4, 0.5) is 13.2 Å². The number of hydrogen-bond acceptors (Lipinski definition) is 2. The molecule has 0 aliphatic carbocycles. The molecule has 0 bridgehead atoms. The Kier molecular flexibility index (Phi) is 4.20. The summed E-state index contributed by atoms with van der Waals surface area (Å²) in [5, 5.41) is 0.430. The lowest BCUT2D eigenvalue weighted by Gasteiger charge is -2.12. The Hall–Kier alpha value is -1.72. The van der Waals surface area contributed by atoms with Gasteiger partial charge in [0.15, 0.2) is 0 Å². The number of alkyl halides is 3. The maximum Gasteiger partial charge on any atom is 0.573 e. The molecule has 0 aliphatic heterocycles. The molecule has 0 saturated heterocycles. The zero-order chi connectivity index (χ0) is 14.8. The quantitative estimate of drug-likeness (QED) is 0.914. The summed E-state index contributed by atoms with van der Waals surface area (Å²) in [7, 11) is 0. The Morgan fingerprint density at radius 3 is 2.45 bits per heavy atom. The average molecular weight is 302 g/mol. The van der Waals surface area contributed by atoms with Gasteiger partial charge in [0.25, 0.3) is 0 Å². The van der Waals surface area contributed by atoms with Gasteiger partial charge in [-0.15, -0.1) is 13.2 Å². The van der Waals surface area contributed by atoms with E-state index in [0.717, 1.165) is 5.56 Å². The second-order valence-electron chi connectivity index (χ2n) is 4.06. The molecule has 0 heterocycles. The van der Waals surface area contributed by atoms with Crippen LogP contribution in [-0.4, -0.2) is 6.36 Å². The van der Waals surface area contributed by atoms with Gasteiger partial charge in [-0.25, -0.2) is 0 Å². The van der Waals surface area contributed by atoms with Crippen LogP contribution in [0, 0.1) is 0 Å². The predicted molar refractivity (Wildman–Crippen MR) is 71.5 cm³/mol. The second-order valence-corrected chi connectivity index (χ2v) is 4.44. The van der Waals surface area contributed by atoms with E-state index >= 15 is 0 Å². The molecule has 0 fully saturated rings. The summed E-state index contributed by atoms with van der Waals surface area (Å²) in [4.78, 5) is 0. The van der Waals surface area contributed by atoms with E-state index in [1.54, 1.807) is 24.3 Å². The molecule has 2 aromatic carbocycles. The maximum absolute atomic E-state index is 12.2. The monoisotopic (exact) mass is 301 g/mol. The lowest BCUT2D eigenvalue weighted by molar-refractivity contribution is -0.274. The molecule has 0 aromatic heterocycles. The van der Waals surface area contributed by atoms with Gasteiger partial charge in [0.2, 0.25) is 0 Å². The van der Waals surface area contributed by atoms with Crippen molar-refractivity contribution < 1.29 is 17.9 Å². The van der Waals surface area contributed by atoms with Crippen LogP contribution in [-0.2, 0) is 6.54 Å². The van der Waals surface area contributed by atoms with Crippen LogP contribution in [0.3, 0.4) is 0 Å². The van der Waals surface area contributed by atoms with Crippen molar-refractivity contribution in [3.8, 4) is 16.9 Å². The SMILES string of the molecule is NCc1cccc(-c2cccc(OC(F)(F)F)c2)c1Cl. The number of benzene rings is 2. The molecule has 0 amide bonds. The van der Waals surface area contributed by atoms with Crippen LogP contribution >= 0.6 is 11.6 Å². The van der Waals surface area contributed by atoms with E-state index in [9.17, 15) is 13.2 Å². The smallest absolute Gasteiger partial charge is 0.406 e. The van der Waals surface area contributed by atoms with Crippen LogP contribution < -0.4 is 10.5 Å². The number of halogens is 4. The molecule has 2 N–H and O–H groups in total. The van der Waals surface area contributed by atoms with Crippen molar-refractivity contribution >= 4 is 11.6 Å². The van der Waals surface area contributed by atoms with Crippen LogP contribution in [0.25, 0.3) is 11.1 Å². The van der Waals surface area contributed by atoms with E-state index in [-0.39, 0.29) is 12.3 Å². The zero-order valence-corrected chi connectivity index (χ0v) is 11.0. The highest BCUT2D eigenvalue weighted by molar-refractivity contribution is 6.34. The van der Waals surface area contributed by atoms with Gasteiger partial charge >= 0.3 is 6.36 Å². The Bertz CT molecular complexity index is 614. The van der Waals surface area contributed by atoms with E-state index in [1.807, 2.05) is 0 Å². The first-order valence-corrected chi connectivity index (χ1v) is 6.12. The van der Waals surface area contributed by atoms with Crippen molar-refractivity contribution in [2.45, 2.75) is 12.9 Å². The Balaban J connectivity index is 2.41. The third-order valence-corrected chi connectivity index (χ3v) is 3.12. The van der Waals surface area contributed by atoms with E-state index < -0.39 is 6.36 Å². The zero-order valence-electron chi connectivity index (χ0n) is 10.2. The summed E-state index contributed by atoms with van der Waals surface area (Å²) >= 11 is 6.19. The first-order valence-electron chi connectivity index (χ1n) is 5.74. The first-order chi connectivity index (χ1) is 9.40. The minimum atomic E-state index is -4.72. The van der Waals surface area contributed by atoms with Crippen molar-refractivity contribution in [3.63, 3.8) is 0 Å². The maximum atomic E-state index is 12.2. The van der Waals surface area contributed by atoms with Gasteiger partial charge in [0.1, 0.15) is 5.75 Å². The molecule has 0 saturated carbocycles. The Morgan fingerprint density at radius 1 is 1.10 bits per heavy atom. The molecule has 0 unspecified atom stereocenters. The van der Waals surface area contributed by atoms with E-state index in [2.05, 4.69) is 4.74 Å². The number of ether oxygens (including phenoxy) is 1. The molecular formula is C14H11ClF3NO. The normalized spacial score (nSPS) is 11.4. The summed E-state index contributed by atoms with van der Waals surface area (Å²) < 4.78 is 40.5. The molecule has 2 aromatic rings. The molecule has 6 heteroatoms. The van der Waals surface area contributed by atoms with Gasteiger partial charge in [-0.1, -0.05) is 41.9 Å². The lowest BCUT2D eigenvalue weighted by atomic mass is 10.0. The van der Waals surface area contributed by atoms with E-state index in [1.165, 1.54) is 18.2 Å². The van der Waals surface area contributed by atoms with Crippen molar-refractivity contribution in [1.82, 2.24) is 0 Å². The largest absolute Gasteiger partial charge is 0.573 e. The van der Waals surface area contributed by atoms with Gasteiger partial charge in [-0.05, 0) is 23.3 Å². The van der Waals surface area contributed by atoms with Gasteiger partial charge in [-0.3, -0.25) is 0 Å². The molecule has 106 valence electrons. The summed E-state index contributed by atoms with van der Waals surface area (Å²) in [5.41, 5.74) is 7.43. The fourth-order valence-electron chi connectivity index (χ4n) is 1.82. The van der Waals surface area contributed by atoms with Gasteiger partial charge in [0, 0.05) is 12.1 Å². The summed E-state index contributed by atoms with van der Waals surface area (Å²) in [6.45, 7) is 0.255. The number of hydrogen-bond donors (Lipinski definition) is 1. The van der Waals surface area contributed by atoms with Crippen molar-refractivity contribution in [2.75, 3.05) is 0 Å². The molecule has 2 nitrogen and oxygen atoms in total. The number of nitrogens with two attached hydrogens (primary N) is 1. The van der Waals surface area contributed by atoms with Gasteiger partial charge in [-0.2, -0.15) is 0 Å².